The monoisotopic (exact) mass is 270 g/mol. The second-order valence-corrected chi connectivity index (χ2v) is 5.70. The van der Waals surface area contributed by atoms with E-state index in [1.807, 2.05) is 13.0 Å². The van der Waals surface area contributed by atoms with Gasteiger partial charge in [-0.25, -0.2) is 0 Å². The van der Waals surface area contributed by atoms with Crippen molar-refractivity contribution < 1.29 is 0 Å². The molecule has 0 spiro atoms. The lowest BCUT2D eigenvalue weighted by Gasteiger charge is -2.27. The van der Waals surface area contributed by atoms with Crippen LogP contribution in [-0.2, 0) is 5.41 Å². The van der Waals surface area contributed by atoms with Crippen molar-refractivity contribution >= 4 is 0 Å². The number of para-hydroxylation sites is 1. The Morgan fingerprint density at radius 2 is 2.05 bits per heavy atom. The summed E-state index contributed by atoms with van der Waals surface area (Å²) in [6, 6.07) is 10.4. The van der Waals surface area contributed by atoms with Crippen LogP contribution in [0.25, 0.3) is 5.69 Å². The Bertz CT molecular complexity index is 567. The molecule has 1 atom stereocenters. The van der Waals surface area contributed by atoms with Crippen LogP contribution in [0.5, 0.6) is 0 Å². The predicted molar refractivity (Wildman–Crippen MR) is 80.2 cm³/mol. The first-order valence-corrected chi connectivity index (χ1v) is 7.45. The molecule has 2 aromatic rings. The molecule has 106 valence electrons. The molecule has 0 saturated carbocycles. The molecule has 1 N–H and O–H groups in total. The van der Waals surface area contributed by atoms with E-state index < -0.39 is 0 Å². The van der Waals surface area contributed by atoms with Gasteiger partial charge in [0.1, 0.15) is 11.6 Å². The van der Waals surface area contributed by atoms with E-state index in [0.717, 1.165) is 43.3 Å². The summed E-state index contributed by atoms with van der Waals surface area (Å²) in [5, 5.41) is 12.4. The van der Waals surface area contributed by atoms with E-state index in [2.05, 4.69) is 51.3 Å². The summed E-state index contributed by atoms with van der Waals surface area (Å²) in [5.74, 6) is 2.08. The molecule has 20 heavy (non-hydrogen) atoms. The van der Waals surface area contributed by atoms with Gasteiger partial charge in [-0.3, -0.25) is 4.57 Å². The summed E-state index contributed by atoms with van der Waals surface area (Å²) < 4.78 is 2.22. The van der Waals surface area contributed by atoms with Crippen molar-refractivity contribution in [1.29, 1.82) is 0 Å². The van der Waals surface area contributed by atoms with Crippen LogP contribution in [0, 0.1) is 6.92 Å². The maximum absolute atomic E-state index is 4.54. The molecular weight excluding hydrogens is 248 g/mol. The van der Waals surface area contributed by atoms with Gasteiger partial charge in [0.15, 0.2) is 0 Å². The second kappa shape index (κ2) is 5.37. The van der Waals surface area contributed by atoms with Gasteiger partial charge in [-0.1, -0.05) is 31.5 Å². The van der Waals surface area contributed by atoms with E-state index in [0.29, 0.717) is 0 Å². The van der Waals surface area contributed by atoms with Gasteiger partial charge in [0.2, 0.25) is 0 Å². The summed E-state index contributed by atoms with van der Waals surface area (Å²) in [6.07, 6.45) is 3.47. The molecule has 1 aromatic heterocycles. The average molecular weight is 270 g/mol. The first-order valence-electron chi connectivity index (χ1n) is 7.45. The highest BCUT2D eigenvalue weighted by molar-refractivity contribution is 5.36. The molecular formula is C16H22N4. The Morgan fingerprint density at radius 1 is 1.25 bits per heavy atom. The van der Waals surface area contributed by atoms with Crippen molar-refractivity contribution in [3.63, 3.8) is 0 Å². The van der Waals surface area contributed by atoms with Gasteiger partial charge < -0.3 is 5.32 Å². The smallest absolute Gasteiger partial charge is 0.145 e. The summed E-state index contributed by atoms with van der Waals surface area (Å²) in [6.45, 7) is 6.36. The number of aryl methyl sites for hydroxylation is 1. The fourth-order valence-corrected chi connectivity index (χ4v) is 3.33. The fourth-order valence-electron chi connectivity index (χ4n) is 3.33. The summed E-state index contributed by atoms with van der Waals surface area (Å²) in [4.78, 5) is 0. The van der Waals surface area contributed by atoms with Crippen molar-refractivity contribution in [3.8, 4) is 5.69 Å². The van der Waals surface area contributed by atoms with Crippen molar-refractivity contribution in [2.45, 2.75) is 38.5 Å². The molecule has 0 aliphatic carbocycles. The maximum atomic E-state index is 4.54. The number of hydrogen-bond donors (Lipinski definition) is 1. The third kappa shape index (κ3) is 2.14. The van der Waals surface area contributed by atoms with E-state index in [9.17, 15) is 0 Å². The van der Waals surface area contributed by atoms with E-state index in [1.165, 1.54) is 6.42 Å². The molecule has 4 heteroatoms. The quantitative estimate of drug-likeness (QED) is 0.928. The van der Waals surface area contributed by atoms with E-state index >= 15 is 0 Å². The largest absolute Gasteiger partial charge is 0.316 e. The molecule has 3 rings (SSSR count). The topological polar surface area (TPSA) is 42.7 Å². The number of benzene rings is 1. The van der Waals surface area contributed by atoms with Crippen LogP contribution in [0.3, 0.4) is 0 Å². The van der Waals surface area contributed by atoms with Gasteiger partial charge in [0, 0.05) is 17.6 Å². The lowest BCUT2D eigenvalue weighted by molar-refractivity contribution is 0.395. The Kier molecular flexibility index (Phi) is 3.57. The Balaban J connectivity index is 2.11. The average Bonchev–Trinajstić information content (AvgIpc) is 3.08. The van der Waals surface area contributed by atoms with Gasteiger partial charge in [-0.05, 0) is 38.4 Å². The number of aromatic nitrogens is 3. The molecule has 1 aliphatic heterocycles. The molecule has 1 aliphatic rings. The lowest BCUT2D eigenvalue weighted by Crippen LogP contribution is -2.32. The minimum absolute atomic E-state index is 0.131. The van der Waals surface area contributed by atoms with E-state index in [4.69, 9.17) is 0 Å². The van der Waals surface area contributed by atoms with E-state index in [1.54, 1.807) is 0 Å². The predicted octanol–water partition coefficient (Wildman–Crippen LogP) is 2.61. The van der Waals surface area contributed by atoms with Crippen LogP contribution >= 0.6 is 0 Å². The summed E-state index contributed by atoms with van der Waals surface area (Å²) >= 11 is 0. The Morgan fingerprint density at radius 3 is 2.70 bits per heavy atom. The normalized spacial score (nSPS) is 22.3. The van der Waals surface area contributed by atoms with Gasteiger partial charge in [0.05, 0.1) is 0 Å². The Labute approximate surface area is 120 Å². The van der Waals surface area contributed by atoms with Crippen molar-refractivity contribution in [1.82, 2.24) is 20.1 Å². The fraction of sp³-hybridized carbons (Fsp3) is 0.500. The van der Waals surface area contributed by atoms with Crippen molar-refractivity contribution in [3.05, 3.63) is 42.0 Å². The Hall–Kier alpha value is -1.68. The van der Waals surface area contributed by atoms with Crippen LogP contribution in [0.15, 0.2) is 30.3 Å². The number of nitrogens with zero attached hydrogens (tertiary/aromatic N) is 3. The van der Waals surface area contributed by atoms with Crippen LogP contribution in [0.1, 0.15) is 37.8 Å². The van der Waals surface area contributed by atoms with Gasteiger partial charge in [0.25, 0.3) is 0 Å². The zero-order chi connectivity index (χ0) is 14.0. The molecule has 0 amide bonds. The number of hydrogen-bond acceptors (Lipinski definition) is 3. The van der Waals surface area contributed by atoms with Crippen molar-refractivity contribution in [2.75, 3.05) is 13.1 Å². The third-order valence-electron chi connectivity index (χ3n) is 4.29. The highest BCUT2D eigenvalue weighted by Crippen LogP contribution is 2.35. The SMILES string of the molecule is CCCC1(c2nnc(C)n2-c2ccccc2)CCNC1. The molecule has 2 heterocycles. The van der Waals surface area contributed by atoms with Crippen molar-refractivity contribution in [2.24, 2.45) is 0 Å². The molecule has 1 aromatic carbocycles. The highest BCUT2D eigenvalue weighted by Gasteiger charge is 2.39. The second-order valence-electron chi connectivity index (χ2n) is 5.70. The van der Waals surface area contributed by atoms with Crippen LogP contribution in [-0.4, -0.2) is 27.9 Å². The summed E-state index contributed by atoms with van der Waals surface area (Å²) in [5.41, 5.74) is 1.29. The van der Waals surface area contributed by atoms with Crippen LogP contribution in [0.4, 0.5) is 0 Å². The van der Waals surface area contributed by atoms with Gasteiger partial charge in [-0.2, -0.15) is 0 Å². The van der Waals surface area contributed by atoms with Crippen LogP contribution < -0.4 is 5.32 Å². The molecule has 1 saturated heterocycles. The summed E-state index contributed by atoms with van der Waals surface area (Å²) in [7, 11) is 0. The minimum atomic E-state index is 0.131. The standard InChI is InChI=1S/C16H22N4/c1-3-9-16(10-11-17-12-16)15-19-18-13(2)20(15)14-7-5-4-6-8-14/h4-8,17H,3,9-12H2,1-2H3. The molecule has 4 nitrogen and oxygen atoms in total. The van der Waals surface area contributed by atoms with Gasteiger partial charge >= 0.3 is 0 Å². The maximum Gasteiger partial charge on any atom is 0.145 e. The lowest BCUT2D eigenvalue weighted by atomic mass is 9.81. The highest BCUT2D eigenvalue weighted by atomic mass is 15.3. The molecule has 0 bridgehead atoms. The molecule has 1 fully saturated rings. The zero-order valence-corrected chi connectivity index (χ0v) is 12.3. The van der Waals surface area contributed by atoms with E-state index in [-0.39, 0.29) is 5.41 Å². The number of nitrogens with one attached hydrogen (secondary N) is 1. The minimum Gasteiger partial charge on any atom is -0.316 e. The van der Waals surface area contributed by atoms with Crippen LogP contribution in [0.2, 0.25) is 0 Å². The molecule has 1 unspecified atom stereocenters. The first kappa shape index (κ1) is 13.3. The number of rotatable bonds is 4. The first-order chi connectivity index (χ1) is 9.77. The molecule has 0 radical (unpaired) electrons. The third-order valence-corrected chi connectivity index (χ3v) is 4.29. The zero-order valence-electron chi connectivity index (χ0n) is 12.3. The van der Waals surface area contributed by atoms with Gasteiger partial charge in [-0.15, -0.1) is 10.2 Å².